The Hall–Kier alpha value is -1.33. The van der Waals surface area contributed by atoms with Crippen LogP contribution in [0.1, 0.15) is 19.8 Å². The van der Waals surface area contributed by atoms with Gasteiger partial charge in [0.2, 0.25) is 0 Å². The zero-order valence-corrected chi connectivity index (χ0v) is 13.2. The Balaban J connectivity index is 2.05. The molecule has 0 aliphatic heterocycles. The van der Waals surface area contributed by atoms with Crippen LogP contribution in [0.4, 0.5) is 11.4 Å². The van der Waals surface area contributed by atoms with Gasteiger partial charge in [0, 0.05) is 23.0 Å². The first-order valence-electron chi connectivity index (χ1n) is 6.87. The van der Waals surface area contributed by atoms with E-state index >= 15 is 0 Å². The first-order valence-corrected chi connectivity index (χ1v) is 7.67. The van der Waals surface area contributed by atoms with Crippen molar-refractivity contribution in [1.82, 2.24) is 4.98 Å². The molecule has 20 heavy (non-hydrogen) atoms. The summed E-state index contributed by atoms with van der Waals surface area (Å²) in [5.41, 5.74) is 8.53. The molecule has 0 aliphatic rings. The molecule has 4 nitrogen and oxygen atoms in total. The van der Waals surface area contributed by atoms with Gasteiger partial charge in [-0.15, -0.1) is 0 Å². The first-order chi connectivity index (χ1) is 9.72. The topological polar surface area (TPSA) is 60.2 Å². The van der Waals surface area contributed by atoms with Gasteiger partial charge in [-0.05, 0) is 24.6 Å². The molecule has 3 N–H and O–H groups in total. The summed E-state index contributed by atoms with van der Waals surface area (Å²) in [6.07, 6.45) is 3.95. The van der Waals surface area contributed by atoms with Crippen LogP contribution in [0.2, 0.25) is 0 Å². The standard InChI is InChI=1S/C15H20BrN3O/c1-2-3-7-20-8-6-18-15-12-9-11(16)4-5-14(12)19-10-13(15)17/h4-5,9-10H,2-3,6-8,17H2,1H3,(H,18,19). The number of rotatable bonds is 7. The van der Waals surface area contributed by atoms with Crippen LogP contribution in [0.15, 0.2) is 28.9 Å². The van der Waals surface area contributed by atoms with Gasteiger partial charge < -0.3 is 15.8 Å². The molecule has 0 amide bonds. The van der Waals surface area contributed by atoms with Crippen LogP contribution in [0, 0.1) is 0 Å². The Kier molecular flexibility index (Phi) is 5.61. The maximum absolute atomic E-state index is 6.02. The van der Waals surface area contributed by atoms with Gasteiger partial charge in [0.15, 0.2) is 0 Å². The molecule has 0 spiro atoms. The molecule has 0 radical (unpaired) electrons. The summed E-state index contributed by atoms with van der Waals surface area (Å²) in [6, 6.07) is 5.98. The molecule has 5 heteroatoms. The molecule has 108 valence electrons. The molecular weight excluding hydrogens is 318 g/mol. The first kappa shape index (κ1) is 15.1. The predicted molar refractivity (Wildman–Crippen MR) is 88.1 cm³/mol. The number of hydrogen-bond acceptors (Lipinski definition) is 4. The van der Waals surface area contributed by atoms with E-state index in [-0.39, 0.29) is 0 Å². The summed E-state index contributed by atoms with van der Waals surface area (Å²) in [4.78, 5) is 4.33. The van der Waals surface area contributed by atoms with Gasteiger partial charge in [0.25, 0.3) is 0 Å². The average Bonchev–Trinajstić information content (AvgIpc) is 2.44. The highest BCUT2D eigenvalue weighted by atomic mass is 79.9. The summed E-state index contributed by atoms with van der Waals surface area (Å²) < 4.78 is 6.56. The van der Waals surface area contributed by atoms with Crippen LogP contribution in [-0.4, -0.2) is 24.7 Å². The molecule has 0 saturated carbocycles. The van der Waals surface area contributed by atoms with Crippen molar-refractivity contribution in [1.29, 1.82) is 0 Å². The van der Waals surface area contributed by atoms with E-state index in [2.05, 4.69) is 33.2 Å². The second-order valence-corrected chi connectivity index (χ2v) is 5.56. The lowest BCUT2D eigenvalue weighted by atomic mass is 10.1. The smallest absolute Gasteiger partial charge is 0.0743 e. The number of halogens is 1. The number of anilines is 2. The van der Waals surface area contributed by atoms with Gasteiger partial charge in [-0.3, -0.25) is 4.98 Å². The summed E-state index contributed by atoms with van der Waals surface area (Å²) in [5.74, 6) is 0. The minimum Gasteiger partial charge on any atom is -0.396 e. The van der Waals surface area contributed by atoms with Crippen LogP contribution in [0.25, 0.3) is 10.9 Å². The number of fused-ring (bicyclic) bond motifs is 1. The fourth-order valence-electron chi connectivity index (χ4n) is 1.97. The van der Waals surface area contributed by atoms with E-state index in [9.17, 15) is 0 Å². The number of unbranched alkanes of at least 4 members (excludes halogenated alkanes) is 1. The van der Waals surface area contributed by atoms with Crippen LogP contribution < -0.4 is 11.1 Å². The molecule has 1 aromatic carbocycles. The van der Waals surface area contributed by atoms with Crippen molar-refractivity contribution in [3.8, 4) is 0 Å². The second-order valence-electron chi connectivity index (χ2n) is 4.64. The largest absolute Gasteiger partial charge is 0.396 e. The normalized spacial score (nSPS) is 10.9. The van der Waals surface area contributed by atoms with Crippen LogP contribution in [-0.2, 0) is 4.74 Å². The maximum Gasteiger partial charge on any atom is 0.0743 e. The van der Waals surface area contributed by atoms with E-state index in [4.69, 9.17) is 10.5 Å². The lowest BCUT2D eigenvalue weighted by Crippen LogP contribution is -2.11. The quantitative estimate of drug-likeness (QED) is 0.754. The maximum atomic E-state index is 6.02. The van der Waals surface area contributed by atoms with Gasteiger partial charge in [0.1, 0.15) is 0 Å². The van der Waals surface area contributed by atoms with Gasteiger partial charge >= 0.3 is 0 Å². The third-order valence-corrected chi connectivity index (χ3v) is 3.54. The molecule has 0 saturated heterocycles. The molecule has 0 unspecified atom stereocenters. The highest BCUT2D eigenvalue weighted by Gasteiger charge is 2.06. The minimum atomic E-state index is 0.657. The SMILES string of the molecule is CCCCOCCNc1c(N)cnc2ccc(Br)cc12. The highest BCUT2D eigenvalue weighted by Crippen LogP contribution is 2.29. The Morgan fingerprint density at radius 3 is 3.00 bits per heavy atom. The van der Waals surface area contributed by atoms with Crippen molar-refractivity contribution in [3.05, 3.63) is 28.9 Å². The Labute approximate surface area is 127 Å². The van der Waals surface area contributed by atoms with E-state index < -0.39 is 0 Å². The fraction of sp³-hybridized carbons (Fsp3) is 0.400. The minimum absolute atomic E-state index is 0.657. The van der Waals surface area contributed by atoms with Gasteiger partial charge in [-0.2, -0.15) is 0 Å². The number of nitrogens with two attached hydrogens (primary N) is 1. The number of nitrogens with one attached hydrogen (secondary N) is 1. The van der Waals surface area contributed by atoms with Crippen molar-refractivity contribution < 1.29 is 4.74 Å². The zero-order valence-electron chi connectivity index (χ0n) is 11.7. The van der Waals surface area contributed by atoms with Crippen molar-refractivity contribution in [2.24, 2.45) is 0 Å². The zero-order chi connectivity index (χ0) is 14.4. The monoisotopic (exact) mass is 337 g/mol. The molecule has 2 aromatic rings. The summed E-state index contributed by atoms with van der Waals surface area (Å²) in [7, 11) is 0. The van der Waals surface area contributed by atoms with Crippen LogP contribution in [0.5, 0.6) is 0 Å². The van der Waals surface area contributed by atoms with Gasteiger partial charge in [-0.25, -0.2) is 0 Å². The van der Waals surface area contributed by atoms with Crippen LogP contribution in [0.3, 0.4) is 0 Å². The summed E-state index contributed by atoms with van der Waals surface area (Å²) in [6.45, 7) is 4.39. The average molecular weight is 338 g/mol. The Bertz CT molecular complexity index is 569. The summed E-state index contributed by atoms with van der Waals surface area (Å²) >= 11 is 3.48. The summed E-state index contributed by atoms with van der Waals surface area (Å²) in [5, 5.41) is 4.37. The molecule has 0 aliphatic carbocycles. The number of benzene rings is 1. The van der Waals surface area contributed by atoms with E-state index in [1.807, 2.05) is 18.2 Å². The third kappa shape index (κ3) is 3.84. The molecule has 0 atom stereocenters. The molecule has 0 fully saturated rings. The van der Waals surface area contributed by atoms with E-state index in [0.717, 1.165) is 47.1 Å². The van der Waals surface area contributed by atoms with E-state index in [1.165, 1.54) is 0 Å². The van der Waals surface area contributed by atoms with Crippen molar-refractivity contribution in [2.45, 2.75) is 19.8 Å². The molecule has 2 rings (SSSR count). The lowest BCUT2D eigenvalue weighted by Gasteiger charge is -2.12. The predicted octanol–water partition coefficient (Wildman–Crippen LogP) is 3.81. The number of hydrogen-bond donors (Lipinski definition) is 2. The highest BCUT2D eigenvalue weighted by molar-refractivity contribution is 9.10. The Morgan fingerprint density at radius 1 is 1.35 bits per heavy atom. The number of nitrogens with zero attached hydrogens (tertiary/aromatic N) is 1. The van der Waals surface area contributed by atoms with Gasteiger partial charge in [-0.1, -0.05) is 29.3 Å². The number of pyridine rings is 1. The molecule has 1 heterocycles. The Morgan fingerprint density at radius 2 is 2.20 bits per heavy atom. The second kappa shape index (κ2) is 7.45. The number of ether oxygens (including phenoxy) is 1. The fourth-order valence-corrected chi connectivity index (χ4v) is 2.34. The van der Waals surface area contributed by atoms with E-state index in [1.54, 1.807) is 6.20 Å². The third-order valence-electron chi connectivity index (χ3n) is 3.05. The molecule has 0 bridgehead atoms. The van der Waals surface area contributed by atoms with Gasteiger partial charge in [0.05, 0.1) is 29.7 Å². The number of aromatic nitrogens is 1. The number of nitrogen functional groups attached to an aromatic ring is 1. The van der Waals surface area contributed by atoms with Crippen LogP contribution >= 0.6 is 15.9 Å². The van der Waals surface area contributed by atoms with Crippen molar-refractivity contribution >= 4 is 38.2 Å². The van der Waals surface area contributed by atoms with E-state index in [0.29, 0.717) is 12.3 Å². The van der Waals surface area contributed by atoms with Crippen molar-refractivity contribution in [2.75, 3.05) is 30.8 Å². The molecular formula is C15H20BrN3O. The lowest BCUT2D eigenvalue weighted by molar-refractivity contribution is 0.141. The molecule has 1 aromatic heterocycles. The van der Waals surface area contributed by atoms with Crippen molar-refractivity contribution in [3.63, 3.8) is 0 Å².